The molecule has 0 fully saturated rings. The third kappa shape index (κ3) is 4.85. The van der Waals surface area contributed by atoms with Crippen LogP contribution in [-0.4, -0.2) is 33.8 Å². The number of oxazole rings is 1. The molecule has 0 saturated carbocycles. The second-order valence-corrected chi connectivity index (χ2v) is 9.25. The Kier molecular flexibility index (Phi) is 6.63. The van der Waals surface area contributed by atoms with E-state index in [0.717, 1.165) is 17.5 Å². The number of nitrogens with zero attached hydrogens (tertiary/aromatic N) is 2. The van der Waals surface area contributed by atoms with Crippen LogP contribution < -0.4 is 5.32 Å². The number of hydrogen-bond donors (Lipinski definition) is 1. The zero-order chi connectivity index (χ0) is 23.4. The van der Waals surface area contributed by atoms with E-state index < -0.39 is 5.54 Å². The van der Waals surface area contributed by atoms with Gasteiger partial charge in [0.2, 0.25) is 11.8 Å². The topological polar surface area (TPSA) is 75.4 Å². The summed E-state index contributed by atoms with van der Waals surface area (Å²) in [5.41, 5.74) is 1.06. The summed E-state index contributed by atoms with van der Waals surface area (Å²) >= 11 is 0. The highest BCUT2D eigenvalue weighted by atomic mass is 16.4. The SMILES string of the molecule is CC(C)CCNC(=O)C1(C)CCc2oc(-c3ccccc3)nc2C(=O)N1Cc1ccccc1. The maximum absolute atomic E-state index is 13.8. The zero-order valence-corrected chi connectivity index (χ0v) is 19.5. The van der Waals surface area contributed by atoms with Crippen molar-refractivity contribution in [3.63, 3.8) is 0 Å². The standard InChI is InChI=1S/C27H31N3O3/c1-19(2)15-17-28-26(32)27(3)16-14-22-23(29-24(33-22)21-12-8-5-9-13-21)25(31)30(27)18-20-10-6-4-7-11-20/h4-13,19H,14-18H2,1-3H3,(H,28,32). The maximum Gasteiger partial charge on any atom is 0.277 e. The van der Waals surface area contributed by atoms with Crippen molar-refractivity contribution in [3.8, 4) is 11.5 Å². The van der Waals surface area contributed by atoms with Gasteiger partial charge in [0.25, 0.3) is 5.91 Å². The summed E-state index contributed by atoms with van der Waals surface area (Å²) in [5, 5.41) is 3.06. The lowest BCUT2D eigenvalue weighted by Gasteiger charge is -2.38. The Balaban J connectivity index is 1.68. The van der Waals surface area contributed by atoms with Gasteiger partial charge in [-0.05, 0) is 43.4 Å². The van der Waals surface area contributed by atoms with Crippen LogP contribution in [0.5, 0.6) is 0 Å². The highest BCUT2D eigenvalue weighted by Crippen LogP contribution is 2.34. The van der Waals surface area contributed by atoms with Crippen molar-refractivity contribution >= 4 is 11.8 Å². The van der Waals surface area contributed by atoms with Crippen molar-refractivity contribution in [2.24, 2.45) is 5.92 Å². The Bertz CT molecular complexity index is 1110. The van der Waals surface area contributed by atoms with E-state index in [1.165, 1.54) is 0 Å². The van der Waals surface area contributed by atoms with Gasteiger partial charge in [-0.2, -0.15) is 0 Å². The number of nitrogens with one attached hydrogen (secondary N) is 1. The zero-order valence-electron chi connectivity index (χ0n) is 19.5. The van der Waals surface area contributed by atoms with E-state index in [0.29, 0.717) is 49.2 Å². The second-order valence-electron chi connectivity index (χ2n) is 9.25. The highest BCUT2D eigenvalue weighted by Gasteiger charge is 2.46. The number of aryl methyl sites for hydroxylation is 1. The molecule has 2 aromatic carbocycles. The number of carbonyl (C=O) groups excluding carboxylic acids is 2. The van der Waals surface area contributed by atoms with E-state index in [-0.39, 0.29) is 11.8 Å². The predicted octanol–water partition coefficient (Wildman–Crippen LogP) is 4.85. The molecule has 3 aromatic rings. The Labute approximate surface area is 195 Å². The number of hydrogen-bond acceptors (Lipinski definition) is 4. The molecule has 0 aliphatic carbocycles. The van der Waals surface area contributed by atoms with Crippen LogP contribution in [0, 0.1) is 5.92 Å². The number of amides is 2. The lowest BCUT2D eigenvalue weighted by atomic mass is 9.92. The molecule has 33 heavy (non-hydrogen) atoms. The summed E-state index contributed by atoms with van der Waals surface area (Å²) in [4.78, 5) is 33.5. The molecule has 1 unspecified atom stereocenters. The fourth-order valence-electron chi connectivity index (χ4n) is 4.15. The van der Waals surface area contributed by atoms with Gasteiger partial charge >= 0.3 is 0 Å². The van der Waals surface area contributed by atoms with Gasteiger partial charge in [0.1, 0.15) is 11.3 Å². The first-order valence-corrected chi connectivity index (χ1v) is 11.6. The van der Waals surface area contributed by atoms with Crippen LogP contribution in [0.1, 0.15) is 55.4 Å². The molecule has 0 bridgehead atoms. The van der Waals surface area contributed by atoms with Crippen LogP contribution in [-0.2, 0) is 17.8 Å². The largest absolute Gasteiger partial charge is 0.440 e. The van der Waals surface area contributed by atoms with E-state index in [9.17, 15) is 9.59 Å². The van der Waals surface area contributed by atoms with Crippen LogP contribution in [0.15, 0.2) is 65.1 Å². The average molecular weight is 446 g/mol. The first kappa shape index (κ1) is 22.8. The lowest BCUT2D eigenvalue weighted by molar-refractivity contribution is -0.132. The van der Waals surface area contributed by atoms with Gasteiger partial charge in [-0.25, -0.2) is 4.98 Å². The molecular weight excluding hydrogens is 414 g/mol. The van der Waals surface area contributed by atoms with Crippen LogP contribution in [0.3, 0.4) is 0 Å². The normalized spacial score (nSPS) is 18.2. The lowest BCUT2D eigenvalue weighted by Crippen LogP contribution is -2.58. The number of benzene rings is 2. The molecule has 1 N–H and O–H groups in total. The Morgan fingerprint density at radius 1 is 1.12 bits per heavy atom. The Morgan fingerprint density at radius 3 is 2.45 bits per heavy atom. The van der Waals surface area contributed by atoms with E-state index in [1.54, 1.807) is 4.90 Å². The average Bonchev–Trinajstić information content (AvgIpc) is 3.22. The van der Waals surface area contributed by atoms with Crippen molar-refractivity contribution in [2.75, 3.05) is 6.54 Å². The third-order valence-electron chi connectivity index (χ3n) is 6.28. The molecule has 0 saturated heterocycles. The van der Waals surface area contributed by atoms with Crippen molar-refractivity contribution in [2.45, 2.75) is 52.1 Å². The molecule has 1 aliphatic heterocycles. The molecule has 172 valence electrons. The summed E-state index contributed by atoms with van der Waals surface area (Å²) in [6.07, 6.45) is 1.80. The minimum absolute atomic E-state index is 0.138. The number of aromatic nitrogens is 1. The molecule has 1 aliphatic rings. The smallest absolute Gasteiger partial charge is 0.277 e. The van der Waals surface area contributed by atoms with Gasteiger partial charge in [-0.1, -0.05) is 62.4 Å². The van der Waals surface area contributed by atoms with Crippen molar-refractivity contribution in [1.29, 1.82) is 0 Å². The van der Waals surface area contributed by atoms with E-state index in [4.69, 9.17) is 4.42 Å². The minimum Gasteiger partial charge on any atom is -0.440 e. The van der Waals surface area contributed by atoms with Gasteiger partial charge in [-0.3, -0.25) is 9.59 Å². The van der Waals surface area contributed by atoms with Crippen LogP contribution in [0.4, 0.5) is 0 Å². The summed E-state index contributed by atoms with van der Waals surface area (Å²) in [5.74, 6) is 1.03. The van der Waals surface area contributed by atoms with Gasteiger partial charge in [0, 0.05) is 25.1 Å². The molecule has 6 nitrogen and oxygen atoms in total. The molecular formula is C27H31N3O3. The van der Waals surface area contributed by atoms with Gasteiger partial charge in [0.05, 0.1) is 0 Å². The predicted molar refractivity (Wildman–Crippen MR) is 127 cm³/mol. The molecule has 4 rings (SSSR count). The molecule has 6 heteroatoms. The van der Waals surface area contributed by atoms with E-state index >= 15 is 0 Å². The first-order valence-electron chi connectivity index (χ1n) is 11.6. The molecule has 1 aromatic heterocycles. The minimum atomic E-state index is -1.01. The molecule has 2 heterocycles. The van der Waals surface area contributed by atoms with Crippen LogP contribution in [0.25, 0.3) is 11.5 Å². The fraction of sp³-hybridized carbons (Fsp3) is 0.370. The molecule has 0 spiro atoms. The van der Waals surface area contributed by atoms with Crippen molar-refractivity contribution in [3.05, 3.63) is 77.7 Å². The fourth-order valence-corrected chi connectivity index (χ4v) is 4.15. The first-order chi connectivity index (χ1) is 15.9. The molecule has 1 atom stereocenters. The van der Waals surface area contributed by atoms with Crippen LogP contribution in [0.2, 0.25) is 0 Å². The quantitative estimate of drug-likeness (QED) is 0.564. The number of rotatable bonds is 7. The summed E-state index contributed by atoms with van der Waals surface area (Å²) in [7, 11) is 0. The van der Waals surface area contributed by atoms with Crippen LogP contribution >= 0.6 is 0 Å². The summed E-state index contributed by atoms with van der Waals surface area (Å²) in [6.45, 7) is 7.00. The second kappa shape index (κ2) is 9.61. The Hall–Kier alpha value is -3.41. The molecule has 0 radical (unpaired) electrons. The van der Waals surface area contributed by atoms with Gasteiger partial charge < -0.3 is 14.6 Å². The van der Waals surface area contributed by atoms with Gasteiger partial charge in [-0.15, -0.1) is 0 Å². The monoisotopic (exact) mass is 445 g/mol. The summed E-state index contributed by atoms with van der Waals surface area (Å²) in [6, 6.07) is 19.3. The van der Waals surface area contributed by atoms with Gasteiger partial charge in [0.15, 0.2) is 5.69 Å². The van der Waals surface area contributed by atoms with Crippen molar-refractivity contribution < 1.29 is 14.0 Å². The summed E-state index contributed by atoms with van der Waals surface area (Å²) < 4.78 is 6.04. The van der Waals surface area contributed by atoms with E-state index in [2.05, 4.69) is 24.1 Å². The Morgan fingerprint density at radius 2 is 1.79 bits per heavy atom. The number of carbonyl (C=O) groups is 2. The maximum atomic E-state index is 13.8. The molecule has 2 amide bonds. The number of fused-ring (bicyclic) bond motifs is 1. The van der Waals surface area contributed by atoms with E-state index in [1.807, 2.05) is 67.6 Å². The highest BCUT2D eigenvalue weighted by molar-refractivity contribution is 5.99. The van der Waals surface area contributed by atoms with Crippen molar-refractivity contribution in [1.82, 2.24) is 15.2 Å². The third-order valence-corrected chi connectivity index (χ3v) is 6.28.